The van der Waals surface area contributed by atoms with Gasteiger partial charge in [-0.2, -0.15) is 13.2 Å². The highest BCUT2D eigenvalue weighted by Crippen LogP contribution is 2.64. The zero-order chi connectivity index (χ0) is 22.5. The summed E-state index contributed by atoms with van der Waals surface area (Å²) in [6.45, 7) is 16.7. The predicted octanol–water partition coefficient (Wildman–Crippen LogP) is 6.22. The lowest BCUT2D eigenvalue weighted by molar-refractivity contribution is -0.137. The second kappa shape index (κ2) is 6.88. The first-order valence-electron chi connectivity index (χ1n) is 9.12. The van der Waals surface area contributed by atoms with Gasteiger partial charge in [0.25, 0.3) is 11.4 Å². The monoisotopic (exact) mass is 412 g/mol. The molecule has 0 heterocycles. The van der Waals surface area contributed by atoms with Crippen LogP contribution < -0.4 is 0 Å². The van der Waals surface area contributed by atoms with E-state index in [2.05, 4.69) is 9.69 Å². The second-order valence-corrected chi connectivity index (χ2v) is 7.32. The standard InChI is InChI=1S/C24H11F3N4/c1-12-4-6-14-16(8-12)22-21(19(11-29)31-3)15-7-5-13(24(25,26)27)9-17(15)23(22)20(14)18(10-28)30-2/h4-9,22-23H,1H3/b20-18+,21-19-. The minimum atomic E-state index is -4.58. The van der Waals surface area contributed by atoms with E-state index in [0.29, 0.717) is 27.8 Å². The molecule has 0 bridgehead atoms. The largest absolute Gasteiger partial charge is 0.416 e. The number of nitrogens with zero attached hydrogens (tertiary/aromatic N) is 4. The first kappa shape index (κ1) is 20.0. The number of hydrogen-bond donors (Lipinski definition) is 0. The fourth-order valence-corrected chi connectivity index (χ4v) is 4.61. The third-order valence-electron chi connectivity index (χ3n) is 5.74. The van der Waals surface area contributed by atoms with Gasteiger partial charge >= 0.3 is 6.18 Å². The molecule has 2 aliphatic rings. The Morgan fingerprint density at radius 2 is 1.35 bits per heavy atom. The lowest BCUT2D eigenvalue weighted by Crippen LogP contribution is -2.07. The van der Waals surface area contributed by atoms with Crippen molar-refractivity contribution in [3.05, 3.63) is 104 Å². The first-order chi connectivity index (χ1) is 14.8. The van der Waals surface area contributed by atoms with Crippen LogP contribution in [0.1, 0.15) is 45.2 Å². The molecule has 0 fully saturated rings. The molecule has 0 radical (unpaired) electrons. The number of aryl methyl sites for hydroxylation is 1. The summed E-state index contributed by atoms with van der Waals surface area (Å²) in [7, 11) is 0. The lowest BCUT2D eigenvalue weighted by Gasteiger charge is -2.16. The van der Waals surface area contributed by atoms with Gasteiger partial charge in [-0.15, -0.1) is 0 Å². The Bertz CT molecular complexity index is 1350. The summed E-state index contributed by atoms with van der Waals surface area (Å²) in [4.78, 5) is 6.66. The van der Waals surface area contributed by atoms with E-state index in [1.807, 2.05) is 25.1 Å². The molecule has 2 aliphatic carbocycles. The molecule has 2 aromatic carbocycles. The Kier molecular flexibility index (Phi) is 4.43. The van der Waals surface area contributed by atoms with Gasteiger partial charge in [-0.3, -0.25) is 0 Å². The van der Waals surface area contributed by atoms with Crippen LogP contribution in [0.25, 0.3) is 20.8 Å². The first-order valence-corrected chi connectivity index (χ1v) is 9.12. The predicted molar refractivity (Wildman–Crippen MR) is 106 cm³/mol. The van der Waals surface area contributed by atoms with Gasteiger partial charge in [0, 0.05) is 11.8 Å². The molecule has 31 heavy (non-hydrogen) atoms. The van der Waals surface area contributed by atoms with Crippen LogP contribution in [0, 0.1) is 42.7 Å². The topological polar surface area (TPSA) is 56.3 Å². The number of halogens is 3. The normalized spacial score (nSPS) is 21.5. The maximum Gasteiger partial charge on any atom is 0.416 e. The maximum absolute atomic E-state index is 13.5. The van der Waals surface area contributed by atoms with E-state index < -0.39 is 23.6 Å². The molecule has 2 unspecified atom stereocenters. The van der Waals surface area contributed by atoms with Crippen LogP contribution in [-0.2, 0) is 6.18 Å². The molecule has 0 N–H and O–H groups in total. The number of benzene rings is 2. The number of allylic oxidation sites excluding steroid dienone is 4. The highest BCUT2D eigenvalue weighted by Gasteiger charge is 2.49. The number of nitriles is 2. The number of hydrogen-bond acceptors (Lipinski definition) is 2. The minimum absolute atomic E-state index is 0.205. The summed E-state index contributed by atoms with van der Waals surface area (Å²) in [6.07, 6.45) is -4.58. The van der Waals surface area contributed by atoms with E-state index in [4.69, 9.17) is 13.1 Å². The van der Waals surface area contributed by atoms with Gasteiger partial charge in [0.1, 0.15) is 0 Å². The van der Waals surface area contributed by atoms with Crippen LogP contribution in [0.4, 0.5) is 13.2 Å². The molecule has 0 aliphatic heterocycles. The molecule has 4 nitrogen and oxygen atoms in total. The average Bonchev–Trinajstić information content (AvgIpc) is 3.23. The van der Waals surface area contributed by atoms with Gasteiger partial charge in [-0.05, 0) is 52.5 Å². The van der Waals surface area contributed by atoms with Crippen molar-refractivity contribution in [1.82, 2.24) is 0 Å². The van der Waals surface area contributed by atoms with E-state index >= 15 is 0 Å². The van der Waals surface area contributed by atoms with Crippen LogP contribution >= 0.6 is 0 Å². The number of alkyl halides is 3. The van der Waals surface area contributed by atoms with Gasteiger partial charge in [0.2, 0.25) is 0 Å². The van der Waals surface area contributed by atoms with Gasteiger partial charge < -0.3 is 0 Å². The fourth-order valence-electron chi connectivity index (χ4n) is 4.61. The van der Waals surface area contributed by atoms with Gasteiger partial charge in [-0.1, -0.05) is 29.8 Å². The van der Waals surface area contributed by atoms with Crippen molar-refractivity contribution < 1.29 is 13.2 Å². The Morgan fingerprint density at radius 3 is 1.81 bits per heavy atom. The Hall–Kier alpha value is -4.33. The molecule has 4 rings (SSSR count). The van der Waals surface area contributed by atoms with Crippen molar-refractivity contribution in [3.8, 4) is 12.1 Å². The molecule has 7 heteroatoms. The quantitative estimate of drug-likeness (QED) is 0.381. The molecule has 2 atom stereocenters. The zero-order valence-corrected chi connectivity index (χ0v) is 16.0. The molecule has 0 amide bonds. The maximum atomic E-state index is 13.5. The van der Waals surface area contributed by atoms with Gasteiger partial charge in [0.05, 0.1) is 30.8 Å². The summed E-state index contributed by atoms with van der Waals surface area (Å²) < 4.78 is 40.4. The van der Waals surface area contributed by atoms with Crippen molar-refractivity contribution >= 4 is 11.1 Å². The van der Waals surface area contributed by atoms with E-state index in [9.17, 15) is 23.7 Å². The third kappa shape index (κ3) is 2.80. The van der Waals surface area contributed by atoms with Crippen molar-refractivity contribution in [3.63, 3.8) is 0 Å². The van der Waals surface area contributed by atoms with Crippen LogP contribution in [0.15, 0.2) is 47.8 Å². The molecular formula is C24H11F3N4. The molecule has 0 spiro atoms. The smallest absolute Gasteiger partial charge is 0.226 e. The van der Waals surface area contributed by atoms with Crippen LogP contribution in [0.2, 0.25) is 0 Å². The molecule has 2 aromatic rings. The van der Waals surface area contributed by atoms with Crippen molar-refractivity contribution in [2.45, 2.75) is 24.9 Å². The SMILES string of the molecule is [C-]#[N+]/C(C#N)=C1\c2ccc(C)cc2C2/C(=C(/C#N)[N+]#[C-])c3ccc(C(F)(F)F)cc3C12. The lowest BCUT2D eigenvalue weighted by atomic mass is 9.87. The summed E-state index contributed by atoms with van der Waals surface area (Å²) in [5.74, 6) is -1.37. The van der Waals surface area contributed by atoms with E-state index in [1.54, 1.807) is 12.1 Å². The Balaban J connectivity index is 2.17. The molecule has 0 aromatic heterocycles. The number of fused-ring (bicyclic) bond motifs is 5. The van der Waals surface area contributed by atoms with Crippen molar-refractivity contribution in [2.24, 2.45) is 0 Å². The van der Waals surface area contributed by atoms with E-state index in [0.717, 1.165) is 17.7 Å². The average molecular weight is 412 g/mol. The van der Waals surface area contributed by atoms with Gasteiger partial charge in [0.15, 0.2) is 0 Å². The van der Waals surface area contributed by atoms with Crippen LogP contribution in [0.3, 0.4) is 0 Å². The third-order valence-corrected chi connectivity index (χ3v) is 5.74. The van der Waals surface area contributed by atoms with Crippen molar-refractivity contribution in [2.75, 3.05) is 0 Å². The van der Waals surface area contributed by atoms with E-state index in [1.165, 1.54) is 6.07 Å². The highest BCUT2D eigenvalue weighted by molar-refractivity contribution is 5.98. The molecular weight excluding hydrogens is 401 g/mol. The highest BCUT2D eigenvalue weighted by atomic mass is 19.4. The number of rotatable bonds is 0. The molecule has 0 saturated carbocycles. The van der Waals surface area contributed by atoms with Crippen molar-refractivity contribution in [1.29, 1.82) is 10.5 Å². The fraction of sp³-hybridized carbons (Fsp3) is 0.167. The summed E-state index contributed by atoms with van der Waals surface area (Å²) in [5, 5.41) is 19.1. The van der Waals surface area contributed by atoms with Crippen LogP contribution in [0.5, 0.6) is 0 Å². The van der Waals surface area contributed by atoms with E-state index in [-0.39, 0.29) is 17.0 Å². The summed E-state index contributed by atoms with van der Waals surface area (Å²) in [6, 6.07) is 12.4. The second-order valence-electron chi connectivity index (χ2n) is 7.32. The molecule has 0 saturated heterocycles. The molecule has 148 valence electrons. The van der Waals surface area contributed by atoms with Crippen LogP contribution in [-0.4, -0.2) is 0 Å². The minimum Gasteiger partial charge on any atom is -0.226 e. The zero-order valence-electron chi connectivity index (χ0n) is 16.0. The summed E-state index contributed by atoms with van der Waals surface area (Å²) >= 11 is 0. The van der Waals surface area contributed by atoms with Gasteiger partial charge in [-0.25, -0.2) is 20.2 Å². The Labute approximate surface area is 176 Å². The summed E-state index contributed by atoms with van der Waals surface area (Å²) in [5.41, 5.74) is 2.24. The Morgan fingerprint density at radius 1 is 0.871 bits per heavy atom.